The maximum Gasteiger partial charge on any atom is 0.137 e. The Labute approximate surface area is 94.3 Å². The van der Waals surface area contributed by atoms with E-state index in [9.17, 15) is 9.18 Å². The van der Waals surface area contributed by atoms with E-state index in [4.69, 9.17) is 11.6 Å². The van der Waals surface area contributed by atoms with Crippen molar-refractivity contribution in [3.05, 3.63) is 34.6 Å². The molecule has 0 heterocycles. The van der Waals surface area contributed by atoms with Crippen molar-refractivity contribution in [3.63, 3.8) is 0 Å². The second-order valence-corrected chi connectivity index (χ2v) is 3.99. The van der Waals surface area contributed by atoms with Crippen LogP contribution in [0.2, 0.25) is 5.02 Å². The Bertz CT molecular complexity index is 349. The molecule has 0 unspecified atom stereocenters. The number of unbranched alkanes of at least 4 members (excludes halogenated alkanes) is 1. The Morgan fingerprint density at radius 2 is 2.20 bits per heavy atom. The highest BCUT2D eigenvalue weighted by molar-refractivity contribution is 6.30. The van der Waals surface area contributed by atoms with Crippen molar-refractivity contribution in [2.75, 3.05) is 0 Å². The monoisotopic (exact) mass is 228 g/mol. The number of hydrogen-bond donors (Lipinski definition) is 0. The van der Waals surface area contributed by atoms with Crippen molar-refractivity contribution in [1.82, 2.24) is 0 Å². The van der Waals surface area contributed by atoms with Crippen molar-refractivity contribution in [3.8, 4) is 0 Å². The highest BCUT2D eigenvalue weighted by Gasteiger charge is 2.08. The average Bonchev–Trinajstić information content (AvgIpc) is 2.19. The van der Waals surface area contributed by atoms with Crippen molar-refractivity contribution in [2.45, 2.75) is 32.6 Å². The summed E-state index contributed by atoms with van der Waals surface area (Å²) in [4.78, 5) is 11.4. The molecule has 1 aromatic carbocycles. The molecule has 0 bridgehead atoms. The molecular formula is C12H14ClFO. The number of ketones is 1. The lowest BCUT2D eigenvalue weighted by atomic mass is 10.0. The first-order chi connectivity index (χ1) is 7.13. The summed E-state index contributed by atoms with van der Waals surface area (Å²) in [5.74, 6) is -0.314. The van der Waals surface area contributed by atoms with Crippen LogP contribution >= 0.6 is 11.6 Å². The first-order valence-corrected chi connectivity index (χ1v) is 5.47. The standard InChI is InChI=1S/C12H14ClFO/c1-2-3-4-11(15)7-9-5-6-10(13)8-12(9)14/h5-6,8H,2-4,7H2,1H3. The van der Waals surface area contributed by atoms with E-state index in [1.165, 1.54) is 6.07 Å². The number of benzene rings is 1. The topological polar surface area (TPSA) is 17.1 Å². The summed E-state index contributed by atoms with van der Waals surface area (Å²) in [6, 6.07) is 4.42. The molecule has 0 aliphatic rings. The molecule has 0 N–H and O–H groups in total. The Kier molecular flexibility index (Phi) is 4.76. The van der Waals surface area contributed by atoms with Crippen molar-refractivity contribution < 1.29 is 9.18 Å². The predicted octanol–water partition coefficient (Wildman–Crippen LogP) is 3.78. The highest BCUT2D eigenvalue weighted by atomic mass is 35.5. The second kappa shape index (κ2) is 5.86. The number of Topliss-reactive ketones (excluding diaryl/α,β-unsaturated/α-hetero) is 1. The molecule has 1 aromatic rings. The molecule has 0 spiro atoms. The van der Waals surface area contributed by atoms with Gasteiger partial charge in [0.25, 0.3) is 0 Å². The normalized spacial score (nSPS) is 10.3. The summed E-state index contributed by atoms with van der Waals surface area (Å²) in [5, 5.41) is 0.359. The maximum absolute atomic E-state index is 13.3. The van der Waals surface area contributed by atoms with Gasteiger partial charge >= 0.3 is 0 Å². The Morgan fingerprint density at radius 1 is 1.47 bits per heavy atom. The number of halogens is 2. The van der Waals surface area contributed by atoms with Crippen LogP contribution in [0.5, 0.6) is 0 Å². The fourth-order valence-electron chi connectivity index (χ4n) is 1.34. The van der Waals surface area contributed by atoms with Gasteiger partial charge in [0.15, 0.2) is 0 Å². The van der Waals surface area contributed by atoms with E-state index in [0.717, 1.165) is 12.8 Å². The molecule has 0 fully saturated rings. The summed E-state index contributed by atoms with van der Waals surface area (Å²) in [5.41, 5.74) is 0.431. The lowest BCUT2D eigenvalue weighted by Crippen LogP contribution is -2.04. The van der Waals surface area contributed by atoms with Gasteiger partial charge in [-0.25, -0.2) is 4.39 Å². The Balaban J connectivity index is 2.60. The largest absolute Gasteiger partial charge is 0.299 e. The summed E-state index contributed by atoms with van der Waals surface area (Å²) in [7, 11) is 0. The summed E-state index contributed by atoms with van der Waals surface area (Å²) < 4.78 is 13.3. The van der Waals surface area contributed by atoms with Crippen molar-refractivity contribution in [1.29, 1.82) is 0 Å². The number of rotatable bonds is 5. The minimum Gasteiger partial charge on any atom is -0.299 e. The number of hydrogen-bond acceptors (Lipinski definition) is 1. The minimum atomic E-state index is -0.396. The number of carbonyl (C=O) groups excluding carboxylic acids is 1. The molecule has 0 aliphatic carbocycles. The van der Waals surface area contributed by atoms with Gasteiger partial charge in [0, 0.05) is 17.9 Å². The van der Waals surface area contributed by atoms with Gasteiger partial charge in [-0.3, -0.25) is 4.79 Å². The van der Waals surface area contributed by atoms with Crippen LogP contribution in [0.3, 0.4) is 0 Å². The first-order valence-electron chi connectivity index (χ1n) is 5.09. The van der Waals surface area contributed by atoms with Crippen LogP contribution in [0.1, 0.15) is 31.7 Å². The van der Waals surface area contributed by atoms with E-state index in [1.807, 2.05) is 6.92 Å². The maximum atomic E-state index is 13.3. The van der Waals surface area contributed by atoms with Crippen LogP contribution in [0, 0.1) is 5.82 Å². The van der Waals surface area contributed by atoms with Gasteiger partial charge in [0.05, 0.1) is 0 Å². The molecule has 0 radical (unpaired) electrons. The van der Waals surface area contributed by atoms with E-state index in [0.29, 0.717) is 17.0 Å². The van der Waals surface area contributed by atoms with Gasteiger partial charge in [-0.15, -0.1) is 0 Å². The van der Waals surface area contributed by atoms with Crippen LogP contribution in [-0.2, 0) is 11.2 Å². The molecule has 3 heteroatoms. The summed E-state index contributed by atoms with van der Waals surface area (Å²) in [6.07, 6.45) is 2.55. The van der Waals surface area contributed by atoms with Crippen LogP contribution < -0.4 is 0 Å². The zero-order chi connectivity index (χ0) is 11.3. The van der Waals surface area contributed by atoms with E-state index in [1.54, 1.807) is 12.1 Å². The van der Waals surface area contributed by atoms with Crippen molar-refractivity contribution in [2.24, 2.45) is 0 Å². The molecule has 0 saturated heterocycles. The molecule has 0 aromatic heterocycles. The molecule has 0 saturated carbocycles. The lowest BCUT2D eigenvalue weighted by molar-refractivity contribution is -0.118. The fraction of sp³-hybridized carbons (Fsp3) is 0.417. The summed E-state index contributed by atoms with van der Waals surface area (Å²) in [6.45, 7) is 2.02. The van der Waals surface area contributed by atoms with Gasteiger partial charge in [-0.2, -0.15) is 0 Å². The number of carbonyl (C=O) groups is 1. The quantitative estimate of drug-likeness (QED) is 0.750. The van der Waals surface area contributed by atoms with Crippen LogP contribution in [-0.4, -0.2) is 5.78 Å². The molecule has 1 rings (SSSR count). The van der Waals surface area contributed by atoms with Gasteiger partial charge in [0.1, 0.15) is 11.6 Å². The third kappa shape index (κ3) is 4.00. The van der Waals surface area contributed by atoms with Crippen molar-refractivity contribution >= 4 is 17.4 Å². The molecule has 82 valence electrons. The molecule has 0 amide bonds. The lowest BCUT2D eigenvalue weighted by Gasteiger charge is -2.02. The average molecular weight is 229 g/mol. The first kappa shape index (κ1) is 12.2. The molecule has 15 heavy (non-hydrogen) atoms. The molecule has 0 atom stereocenters. The smallest absolute Gasteiger partial charge is 0.137 e. The Hall–Kier alpha value is -0.890. The predicted molar refractivity (Wildman–Crippen MR) is 59.6 cm³/mol. The third-order valence-electron chi connectivity index (χ3n) is 2.21. The van der Waals surface area contributed by atoms with E-state index in [-0.39, 0.29) is 12.2 Å². The zero-order valence-electron chi connectivity index (χ0n) is 8.72. The van der Waals surface area contributed by atoms with Gasteiger partial charge < -0.3 is 0 Å². The fourth-order valence-corrected chi connectivity index (χ4v) is 1.50. The van der Waals surface area contributed by atoms with Gasteiger partial charge in [-0.05, 0) is 24.1 Å². The highest BCUT2D eigenvalue weighted by Crippen LogP contribution is 2.15. The van der Waals surface area contributed by atoms with E-state index >= 15 is 0 Å². The van der Waals surface area contributed by atoms with Crippen LogP contribution in [0.25, 0.3) is 0 Å². The summed E-state index contributed by atoms with van der Waals surface area (Å²) >= 11 is 5.61. The van der Waals surface area contributed by atoms with E-state index in [2.05, 4.69) is 0 Å². The molecular weight excluding hydrogens is 215 g/mol. The van der Waals surface area contributed by atoms with Crippen LogP contribution in [0.4, 0.5) is 4.39 Å². The van der Waals surface area contributed by atoms with Gasteiger partial charge in [-0.1, -0.05) is 31.0 Å². The SMILES string of the molecule is CCCCC(=O)Cc1ccc(Cl)cc1F. The van der Waals surface area contributed by atoms with Gasteiger partial charge in [0.2, 0.25) is 0 Å². The second-order valence-electron chi connectivity index (χ2n) is 3.55. The Morgan fingerprint density at radius 3 is 2.80 bits per heavy atom. The zero-order valence-corrected chi connectivity index (χ0v) is 9.48. The van der Waals surface area contributed by atoms with Crippen LogP contribution in [0.15, 0.2) is 18.2 Å². The van der Waals surface area contributed by atoms with E-state index < -0.39 is 5.82 Å². The molecule has 1 nitrogen and oxygen atoms in total. The minimum absolute atomic E-state index is 0.0815. The molecule has 0 aliphatic heterocycles. The third-order valence-corrected chi connectivity index (χ3v) is 2.45.